The molecule has 2 aliphatic rings. The lowest BCUT2D eigenvalue weighted by Crippen LogP contribution is -2.66. The van der Waals surface area contributed by atoms with E-state index in [0.29, 0.717) is 32.7 Å². The number of rotatable bonds is 4. The molecule has 0 spiro atoms. The van der Waals surface area contributed by atoms with E-state index in [1.165, 1.54) is 0 Å². The molecule has 3 heterocycles. The van der Waals surface area contributed by atoms with E-state index in [4.69, 9.17) is 4.74 Å². The van der Waals surface area contributed by atoms with Gasteiger partial charge in [-0.05, 0) is 24.1 Å². The Morgan fingerprint density at radius 3 is 2.57 bits per heavy atom. The molecule has 0 saturated carbocycles. The molecule has 2 saturated heterocycles. The average molecular weight is 378 g/mol. The molecule has 1 N–H and O–H groups in total. The predicted molar refractivity (Wildman–Crippen MR) is 103 cm³/mol. The van der Waals surface area contributed by atoms with Crippen molar-refractivity contribution in [2.24, 2.45) is 5.92 Å². The van der Waals surface area contributed by atoms with Crippen molar-refractivity contribution in [2.45, 2.75) is 18.0 Å². The lowest BCUT2D eigenvalue weighted by Gasteiger charge is -2.52. The van der Waals surface area contributed by atoms with Crippen LogP contribution in [0.2, 0.25) is 0 Å². The van der Waals surface area contributed by atoms with Crippen molar-refractivity contribution in [3.05, 3.63) is 60.2 Å². The number of hydrogen-bond donors (Lipinski definition) is 1. The average Bonchev–Trinajstić information content (AvgIpc) is 3.12. The van der Waals surface area contributed by atoms with Gasteiger partial charge >= 0.3 is 5.97 Å². The number of carboxylic acid groups (broad SMARTS) is 1. The van der Waals surface area contributed by atoms with Crippen molar-refractivity contribution in [1.29, 1.82) is 0 Å². The summed E-state index contributed by atoms with van der Waals surface area (Å²) in [6.07, 6.45) is 0.600. The maximum atomic E-state index is 11.9. The quantitative estimate of drug-likeness (QED) is 0.750. The Hall–Kier alpha value is -2.77. The summed E-state index contributed by atoms with van der Waals surface area (Å²) in [6, 6.07) is 17.9. The fraction of sp³-hybridized carbons (Fsp3) is 0.381. The van der Waals surface area contributed by atoms with Crippen LogP contribution in [0.1, 0.15) is 17.9 Å². The first kappa shape index (κ1) is 17.3. The maximum absolute atomic E-state index is 11.9. The van der Waals surface area contributed by atoms with Gasteiger partial charge < -0.3 is 9.84 Å². The molecular weight excluding hydrogens is 356 g/mol. The molecule has 5 rings (SSSR count). The Bertz CT molecular complexity index is 999. The summed E-state index contributed by atoms with van der Waals surface area (Å²) in [5.74, 6) is -1.18. The van der Waals surface area contributed by atoms with E-state index in [1.54, 1.807) is 0 Å². The van der Waals surface area contributed by atoms with Gasteiger partial charge in [0.15, 0.2) is 5.66 Å². The third-order valence-corrected chi connectivity index (χ3v) is 6.16. The fourth-order valence-corrected chi connectivity index (χ4v) is 4.56. The minimum atomic E-state index is -0.724. The van der Waals surface area contributed by atoms with Gasteiger partial charge in [0.1, 0.15) is 5.52 Å². The van der Waals surface area contributed by atoms with Crippen LogP contribution in [0.4, 0.5) is 0 Å². The zero-order valence-corrected chi connectivity index (χ0v) is 15.4. The highest BCUT2D eigenvalue weighted by atomic mass is 16.5. The van der Waals surface area contributed by atoms with Crippen molar-refractivity contribution in [3.8, 4) is 0 Å². The van der Waals surface area contributed by atoms with Crippen LogP contribution in [0.5, 0.6) is 0 Å². The number of nitrogens with zero attached hydrogens (tertiary/aromatic N) is 4. The molecule has 0 bridgehead atoms. The first-order valence-corrected chi connectivity index (χ1v) is 9.60. The standard InChI is InChI=1S/C21H22N4O3/c26-20(27)16-10-11-24(12-17(16)15-6-2-1-3-7-15)21(13-28-14-21)25-19-9-5-4-8-18(19)22-23-25/h1-9,16-17H,10-14H2,(H,26,27). The van der Waals surface area contributed by atoms with E-state index in [9.17, 15) is 9.90 Å². The third-order valence-electron chi connectivity index (χ3n) is 6.16. The molecule has 28 heavy (non-hydrogen) atoms. The number of carbonyl (C=O) groups is 1. The monoisotopic (exact) mass is 378 g/mol. The van der Waals surface area contributed by atoms with E-state index < -0.39 is 11.6 Å². The van der Waals surface area contributed by atoms with Crippen molar-refractivity contribution in [3.63, 3.8) is 0 Å². The summed E-state index contributed by atoms with van der Waals surface area (Å²) in [7, 11) is 0. The van der Waals surface area contributed by atoms with Crippen molar-refractivity contribution >= 4 is 17.0 Å². The topological polar surface area (TPSA) is 80.5 Å². The van der Waals surface area contributed by atoms with Crippen LogP contribution in [-0.2, 0) is 15.2 Å². The normalized spacial score (nSPS) is 24.7. The molecular formula is C21H22N4O3. The van der Waals surface area contributed by atoms with Crippen LogP contribution < -0.4 is 0 Å². The van der Waals surface area contributed by atoms with Crippen molar-refractivity contribution in [2.75, 3.05) is 26.3 Å². The predicted octanol–water partition coefficient (Wildman–Crippen LogP) is 2.30. The summed E-state index contributed by atoms with van der Waals surface area (Å²) < 4.78 is 7.60. The minimum Gasteiger partial charge on any atom is -0.481 e. The van der Waals surface area contributed by atoms with Gasteiger partial charge in [0.25, 0.3) is 0 Å². The largest absolute Gasteiger partial charge is 0.481 e. The highest BCUT2D eigenvalue weighted by Gasteiger charge is 2.51. The summed E-state index contributed by atoms with van der Waals surface area (Å²) in [4.78, 5) is 14.3. The Kier molecular flexibility index (Phi) is 4.14. The maximum Gasteiger partial charge on any atom is 0.307 e. The van der Waals surface area contributed by atoms with Gasteiger partial charge in [0.2, 0.25) is 0 Å². The second-order valence-electron chi connectivity index (χ2n) is 7.66. The molecule has 2 atom stereocenters. The van der Waals surface area contributed by atoms with Gasteiger partial charge in [-0.15, -0.1) is 5.10 Å². The van der Waals surface area contributed by atoms with E-state index in [-0.39, 0.29) is 11.8 Å². The van der Waals surface area contributed by atoms with Crippen LogP contribution in [0.25, 0.3) is 11.0 Å². The molecule has 2 aromatic carbocycles. The zero-order valence-electron chi connectivity index (χ0n) is 15.4. The number of carboxylic acids is 1. The van der Waals surface area contributed by atoms with E-state index in [0.717, 1.165) is 16.6 Å². The molecule has 0 aliphatic carbocycles. The smallest absolute Gasteiger partial charge is 0.307 e. The van der Waals surface area contributed by atoms with Crippen LogP contribution in [0.3, 0.4) is 0 Å². The van der Waals surface area contributed by atoms with Crippen LogP contribution in [0.15, 0.2) is 54.6 Å². The van der Waals surface area contributed by atoms with Crippen molar-refractivity contribution < 1.29 is 14.6 Å². The van der Waals surface area contributed by atoms with E-state index >= 15 is 0 Å². The number of aromatic nitrogens is 3. The van der Waals surface area contributed by atoms with Gasteiger partial charge in [-0.3, -0.25) is 9.69 Å². The molecule has 7 nitrogen and oxygen atoms in total. The highest BCUT2D eigenvalue weighted by molar-refractivity contribution is 5.74. The number of fused-ring (bicyclic) bond motifs is 1. The van der Waals surface area contributed by atoms with E-state index in [1.807, 2.05) is 59.3 Å². The second kappa shape index (κ2) is 6.68. The van der Waals surface area contributed by atoms with Gasteiger partial charge in [0.05, 0.1) is 24.6 Å². The van der Waals surface area contributed by atoms with Crippen LogP contribution in [-0.4, -0.2) is 57.3 Å². The molecule has 0 amide bonds. The zero-order chi connectivity index (χ0) is 19.1. The lowest BCUT2D eigenvalue weighted by atomic mass is 9.79. The Labute approximate surface area is 162 Å². The first-order chi connectivity index (χ1) is 13.7. The van der Waals surface area contributed by atoms with Gasteiger partial charge in [-0.1, -0.05) is 47.7 Å². The molecule has 7 heteroatoms. The molecule has 0 radical (unpaired) electrons. The van der Waals surface area contributed by atoms with Crippen molar-refractivity contribution in [1.82, 2.24) is 19.9 Å². The number of hydrogen-bond acceptors (Lipinski definition) is 5. The minimum absolute atomic E-state index is 0.0697. The number of piperidine rings is 1. The highest BCUT2D eigenvalue weighted by Crippen LogP contribution is 2.40. The molecule has 2 fully saturated rings. The van der Waals surface area contributed by atoms with Gasteiger partial charge in [-0.2, -0.15) is 0 Å². The summed E-state index contributed by atoms with van der Waals surface area (Å²) >= 11 is 0. The number of para-hydroxylation sites is 1. The SMILES string of the molecule is O=C(O)C1CCN(C2(n3nnc4ccccc43)COC2)CC1c1ccccc1. The summed E-state index contributed by atoms with van der Waals surface area (Å²) in [5.41, 5.74) is 2.49. The Balaban J connectivity index is 1.52. The third kappa shape index (κ3) is 2.62. The number of ether oxygens (including phenoxy) is 1. The summed E-state index contributed by atoms with van der Waals surface area (Å²) in [5, 5.41) is 18.5. The molecule has 144 valence electrons. The summed E-state index contributed by atoms with van der Waals surface area (Å²) in [6.45, 7) is 2.40. The van der Waals surface area contributed by atoms with Crippen LogP contribution >= 0.6 is 0 Å². The Morgan fingerprint density at radius 2 is 1.86 bits per heavy atom. The number of benzene rings is 2. The van der Waals surface area contributed by atoms with Crippen LogP contribution in [0, 0.1) is 5.92 Å². The fourth-order valence-electron chi connectivity index (χ4n) is 4.56. The molecule has 1 aromatic heterocycles. The second-order valence-corrected chi connectivity index (χ2v) is 7.66. The van der Waals surface area contributed by atoms with Gasteiger partial charge in [0, 0.05) is 19.0 Å². The Morgan fingerprint density at radius 1 is 1.11 bits per heavy atom. The van der Waals surface area contributed by atoms with Gasteiger partial charge in [-0.25, -0.2) is 4.68 Å². The number of aliphatic carboxylic acids is 1. The van der Waals surface area contributed by atoms with E-state index in [2.05, 4.69) is 15.2 Å². The number of likely N-dealkylation sites (tertiary alicyclic amines) is 1. The molecule has 2 aliphatic heterocycles. The molecule has 3 aromatic rings. The first-order valence-electron chi connectivity index (χ1n) is 9.60. The molecule has 2 unspecified atom stereocenters. The lowest BCUT2D eigenvalue weighted by molar-refractivity contribution is -0.203.